The van der Waals surface area contributed by atoms with Gasteiger partial charge in [0.25, 0.3) is 5.91 Å². The number of carboxylic acid groups (broad SMARTS) is 3. The van der Waals surface area contributed by atoms with Gasteiger partial charge >= 0.3 is 24.1 Å². The maximum atomic E-state index is 13.6. The number of amides is 3. The molecule has 20 heteroatoms. The quantitative estimate of drug-likeness (QED) is 0.161. The fourth-order valence-corrected chi connectivity index (χ4v) is 11.1. The predicted octanol–water partition coefficient (Wildman–Crippen LogP) is 0.863. The molecule has 0 unspecified atom stereocenters. The van der Waals surface area contributed by atoms with Gasteiger partial charge in [-0.15, -0.1) is 0 Å². The molecule has 3 aliphatic heterocycles. The number of aromatic nitrogens is 1. The highest BCUT2D eigenvalue weighted by molar-refractivity contribution is 6.07. The Balaban J connectivity index is 0.765. The molecule has 9 rings (SSSR count). The number of pyridine rings is 1. The van der Waals surface area contributed by atoms with Crippen molar-refractivity contribution < 1.29 is 53.6 Å². The molecule has 356 valence electrons. The molecule has 1 aromatic heterocycles. The number of likely N-dealkylation sites (tertiary alicyclic amines) is 2. The van der Waals surface area contributed by atoms with E-state index in [1.807, 2.05) is 28.0 Å². The lowest BCUT2D eigenvalue weighted by molar-refractivity contribution is -0.250. The van der Waals surface area contributed by atoms with Crippen LogP contribution >= 0.6 is 0 Å². The first kappa shape index (κ1) is 47.0. The first-order valence-corrected chi connectivity index (χ1v) is 23.1. The summed E-state index contributed by atoms with van der Waals surface area (Å²) in [5, 5.41) is 31.9. The molecular weight excluding hydrogens is 855 g/mol. The highest BCUT2D eigenvalue weighted by atomic mass is 16.5. The normalized spacial score (nSPS) is 27.6. The van der Waals surface area contributed by atoms with Crippen LogP contribution in [0.1, 0.15) is 55.3 Å². The summed E-state index contributed by atoms with van der Waals surface area (Å²) in [6.07, 6.45) is 7.27. The molecule has 4 N–H and O–H groups in total. The molecule has 7 aliphatic rings. The molecule has 4 aliphatic carbocycles. The third-order valence-corrected chi connectivity index (χ3v) is 14.5. The number of fused-ring (bicyclic) bond motifs is 2. The summed E-state index contributed by atoms with van der Waals surface area (Å²) < 4.78 is 12.8. The van der Waals surface area contributed by atoms with E-state index in [0.717, 1.165) is 38.5 Å². The van der Waals surface area contributed by atoms with Crippen molar-refractivity contribution in [1.29, 1.82) is 0 Å². The van der Waals surface area contributed by atoms with Crippen molar-refractivity contribution in [2.24, 2.45) is 16.7 Å². The predicted molar refractivity (Wildman–Crippen MR) is 236 cm³/mol. The number of piperidine rings is 2. The number of nitrogens with one attached hydrogen (secondary N) is 1. The van der Waals surface area contributed by atoms with Crippen molar-refractivity contribution in [3.63, 3.8) is 0 Å². The van der Waals surface area contributed by atoms with Gasteiger partial charge in [-0.1, -0.05) is 0 Å². The SMILES string of the molecule is [C-]#[N+][C@@H]1C[C@@H]2C[C@@H]2N1C(=O)CNC(=O)c1ccnc2ccc(OCC34CC(COC5CCN(C(=O)CN6CCN(CC(=O)O)CCN(CC(=O)O)CCN(CC(=O)O)CC6)CC5)(C3)C4)cc12. The molecule has 1 aromatic carbocycles. The lowest BCUT2D eigenvalue weighted by atomic mass is 9.35. The average Bonchev–Trinajstić information content (AvgIpc) is 3.92. The number of hydrogen-bond acceptors (Lipinski definition) is 13. The third kappa shape index (κ3) is 11.4. The van der Waals surface area contributed by atoms with Gasteiger partial charge < -0.3 is 35.0 Å². The standard InChI is InChI=1S/C46H61N9O11/c1-47-38-19-31-18-37(31)55(38)39(56)21-49-44(64)34-4-7-48-36-3-2-33(20-35(34)36)66-30-46-26-45(27-46,28-46)29-65-32-5-8-54(9-6-32)40(57)22-50-10-12-51(23-41(58)59)14-16-53(25-43(62)63)17-15-52(13-11-50)24-42(60)61/h2-4,7,20,31-32,37-38H,5-6,8-19,21-30H2,(H,49,64)(H,58,59)(H,60,61)(H,62,63)/t31-,37-,38-,45?,46?/m0/s1. The summed E-state index contributed by atoms with van der Waals surface area (Å²) in [7, 11) is 0. The van der Waals surface area contributed by atoms with Gasteiger partial charge in [-0.25, -0.2) is 6.57 Å². The van der Waals surface area contributed by atoms with Crippen LogP contribution in [-0.2, 0) is 28.7 Å². The monoisotopic (exact) mass is 915 g/mol. The smallest absolute Gasteiger partial charge is 0.317 e. The Hall–Kier alpha value is -5.46. The van der Waals surface area contributed by atoms with Crippen molar-refractivity contribution in [1.82, 2.24) is 39.7 Å². The molecule has 2 bridgehead atoms. The van der Waals surface area contributed by atoms with E-state index in [-0.39, 0.29) is 73.4 Å². The summed E-state index contributed by atoms with van der Waals surface area (Å²) >= 11 is 0. The van der Waals surface area contributed by atoms with E-state index >= 15 is 0 Å². The van der Waals surface area contributed by atoms with Gasteiger partial charge in [-0.05, 0) is 74.1 Å². The highest BCUT2D eigenvalue weighted by Crippen LogP contribution is 2.73. The Labute approximate surface area is 383 Å². The van der Waals surface area contributed by atoms with Crippen molar-refractivity contribution in [2.45, 2.75) is 63.3 Å². The van der Waals surface area contributed by atoms with Crippen LogP contribution in [0.3, 0.4) is 0 Å². The van der Waals surface area contributed by atoms with Crippen molar-refractivity contribution >= 4 is 46.5 Å². The van der Waals surface area contributed by atoms with E-state index in [1.54, 1.807) is 31.9 Å². The number of rotatable bonds is 17. The average molecular weight is 916 g/mol. The number of ether oxygens (including phenoxy) is 2. The van der Waals surface area contributed by atoms with Gasteiger partial charge in [0.1, 0.15) is 5.75 Å². The van der Waals surface area contributed by atoms with Gasteiger partial charge in [0.05, 0.1) is 63.1 Å². The molecule has 3 atom stereocenters. The Morgan fingerprint density at radius 2 is 1.29 bits per heavy atom. The zero-order valence-corrected chi connectivity index (χ0v) is 37.4. The van der Waals surface area contributed by atoms with Crippen molar-refractivity contribution in [3.05, 3.63) is 47.4 Å². The van der Waals surface area contributed by atoms with Gasteiger partial charge in [-0.2, -0.15) is 0 Å². The Morgan fingerprint density at radius 3 is 1.85 bits per heavy atom. The molecule has 4 heterocycles. The van der Waals surface area contributed by atoms with Gasteiger partial charge in [-0.3, -0.25) is 63.1 Å². The van der Waals surface area contributed by atoms with Gasteiger partial charge in [0.2, 0.25) is 11.8 Å². The van der Waals surface area contributed by atoms with Gasteiger partial charge in [0, 0.05) is 94.9 Å². The number of hydrogen-bond donors (Lipinski definition) is 4. The fraction of sp³-hybridized carbons (Fsp3) is 0.652. The molecular formula is C46H61N9O11. The molecule has 2 aromatic rings. The Kier molecular flexibility index (Phi) is 14.4. The van der Waals surface area contributed by atoms with Crippen LogP contribution < -0.4 is 10.1 Å². The van der Waals surface area contributed by atoms with E-state index < -0.39 is 24.1 Å². The largest absolute Gasteiger partial charge is 0.493 e. The first-order chi connectivity index (χ1) is 31.7. The molecule has 20 nitrogen and oxygen atoms in total. The van der Waals surface area contributed by atoms with Crippen LogP contribution in [0.15, 0.2) is 30.5 Å². The number of aliphatic carboxylic acids is 3. The number of benzene rings is 1. The zero-order chi connectivity index (χ0) is 46.6. The molecule has 7 fully saturated rings. The van der Waals surface area contributed by atoms with E-state index in [0.29, 0.717) is 113 Å². The minimum atomic E-state index is -1.01. The van der Waals surface area contributed by atoms with E-state index in [4.69, 9.17) is 16.0 Å². The van der Waals surface area contributed by atoms with Crippen LogP contribution in [-0.4, -0.2) is 215 Å². The van der Waals surface area contributed by atoms with Crippen LogP contribution in [0.25, 0.3) is 15.7 Å². The fourth-order valence-electron chi connectivity index (χ4n) is 11.1. The second-order valence-corrected chi connectivity index (χ2v) is 19.4. The first-order valence-electron chi connectivity index (χ1n) is 23.1. The van der Waals surface area contributed by atoms with Crippen LogP contribution in [0.4, 0.5) is 0 Å². The van der Waals surface area contributed by atoms with E-state index in [2.05, 4.69) is 15.1 Å². The number of carboxylic acids is 3. The minimum absolute atomic E-state index is 0.0388. The minimum Gasteiger partial charge on any atom is -0.493 e. The number of carbonyl (C=O) groups is 6. The number of carbonyl (C=O) groups excluding carboxylic acids is 3. The Morgan fingerprint density at radius 1 is 0.727 bits per heavy atom. The topological polar surface area (TPSA) is 230 Å². The maximum Gasteiger partial charge on any atom is 0.317 e. The second-order valence-electron chi connectivity index (χ2n) is 19.4. The summed E-state index contributed by atoms with van der Waals surface area (Å²) in [5.74, 6) is -2.61. The summed E-state index contributed by atoms with van der Waals surface area (Å²) in [4.78, 5) is 93.4. The van der Waals surface area contributed by atoms with Gasteiger partial charge in [0.15, 0.2) is 0 Å². The van der Waals surface area contributed by atoms with Crippen LogP contribution in [0.5, 0.6) is 5.75 Å². The lowest BCUT2D eigenvalue weighted by Crippen LogP contribution is -2.66. The maximum absolute atomic E-state index is 13.6. The lowest BCUT2D eigenvalue weighted by Gasteiger charge is -2.70. The molecule has 3 saturated heterocycles. The molecule has 3 amide bonds. The molecule has 66 heavy (non-hydrogen) atoms. The summed E-state index contributed by atoms with van der Waals surface area (Å²) in [5.41, 5.74) is 1.26. The van der Waals surface area contributed by atoms with E-state index in [1.165, 1.54) is 0 Å². The van der Waals surface area contributed by atoms with E-state index in [9.17, 15) is 44.1 Å². The van der Waals surface area contributed by atoms with Crippen LogP contribution in [0, 0.1) is 23.3 Å². The zero-order valence-electron chi connectivity index (χ0n) is 37.4. The second kappa shape index (κ2) is 20.2. The molecule has 0 radical (unpaired) electrons. The molecule has 0 spiro atoms. The summed E-state index contributed by atoms with van der Waals surface area (Å²) in [6.45, 7) is 11.8. The Bertz CT molecular complexity index is 2160. The molecule has 4 saturated carbocycles. The van der Waals surface area contributed by atoms with Crippen molar-refractivity contribution in [2.75, 3.05) is 111 Å². The van der Waals surface area contributed by atoms with Crippen molar-refractivity contribution in [3.8, 4) is 5.75 Å². The third-order valence-electron chi connectivity index (χ3n) is 14.5. The summed E-state index contributed by atoms with van der Waals surface area (Å²) in [6, 6.07) is 7.28. The van der Waals surface area contributed by atoms with Crippen LogP contribution in [0.2, 0.25) is 0 Å². The highest BCUT2D eigenvalue weighted by Gasteiger charge is 2.68. The number of nitrogens with zero attached hydrogens (tertiary/aromatic N) is 8.